The zero-order chi connectivity index (χ0) is 24.0. The number of aryl methyl sites for hydroxylation is 1. The molecule has 34 heavy (non-hydrogen) atoms. The highest BCUT2D eigenvalue weighted by Crippen LogP contribution is 2.43. The Hall–Kier alpha value is -3.46. The van der Waals surface area contributed by atoms with E-state index in [-0.39, 0.29) is 35.8 Å². The molecule has 2 aliphatic heterocycles. The maximum Gasteiger partial charge on any atom is 0.268 e. The molecule has 0 saturated carbocycles. The van der Waals surface area contributed by atoms with Crippen molar-refractivity contribution in [1.29, 1.82) is 0 Å². The van der Waals surface area contributed by atoms with Crippen LogP contribution in [-0.2, 0) is 9.59 Å². The molecule has 176 valence electrons. The van der Waals surface area contributed by atoms with Crippen LogP contribution >= 0.6 is 11.3 Å². The minimum Gasteiger partial charge on any atom is -0.337 e. The van der Waals surface area contributed by atoms with E-state index < -0.39 is 0 Å². The van der Waals surface area contributed by atoms with Gasteiger partial charge in [0.1, 0.15) is 0 Å². The first-order chi connectivity index (χ1) is 16.4. The predicted octanol–water partition coefficient (Wildman–Crippen LogP) is 4.50. The molecule has 0 radical (unpaired) electrons. The third-order valence-corrected chi connectivity index (χ3v) is 7.78. The van der Waals surface area contributed by atoms with Crippen molar-refractivity contribution in [3.8, 4) is 0 Å². The van der Waals surface area contributed by atoms with E-state index in [1.54, 1.807) is 18.4 Å². The van der Waals surface area contributed by atoms with E-state index in [0.29, 0.717) is 16.5 Å². The van der Waals surface area contributed by atoms with Gasteiger partial charge in [-0.2, -0.15) is 0 Å². The van der Waals surface area contributed by atoms with Crippen molar-refractivity contribution in [3.05, 3.63) is 52.7 Å². The van der Waals surface area contributed by atoms with Gasteiger partial charge >= 0.3 is 0 Å². The molecule has 4 heterocycles. The topological polar surface area (TPSA) is 96.3 Å². The van der Waals surface area contributed by atoms with Crippen molar-refractivity contribution >= 4 is 51.7 Å². The van der Waals surface area contributed by atoms with Crippen molar-refractivity contribution in [2.45, 2.75) is 57.7 Å². The van der Waals surface area contributed by atoms with Gasteiger partial charge in [0.25, 0.3) is 5.91 Å². The Morgan fingerprint density at radius 2 is 1.88 bits per heavy atom. The monoisotopic (exact) mass is 477 g/mol. The Morgan fingerprint density at radius 1 is 1.15 bits per heavy atom. The van der Waals surface area contributed by atoms with Gasteiger partial charge in [0.2, 0.25) is 17.8 Å². The Morgan fingerprint density at radius 3 is 2.56 bits per heavy atom. The fourth-order valence-corrected chi connectivity index (χ4v) is 6.25. The number of imidazole rings is 1. The van der Waals surface area contributed by atoms with E-state index in [1.807, 2.05) is 17.0 Å². The molecule has 3 atom stereocenters. The summed E-state index contributed by atoms with van der Waals surface area (Å²) in [5.74, 6) is 0.0549. The summed E-state index contributed by atoms with van der Waals surface area (Å²) in [6.07, 6.45) is 4.91. The zero-order valence-electron chi connectivity index (χ0n) is 19.2. The Bertz CT molecular complexity index is 1300. The number of amides is 3. The number of carbonyl (C=O) groups is 3. The molecular weight excluding hydrogens is 450 g/mol. The molecule has 0 unspecified atom stereocenters. The van der Waals surface area contributed by atoms with Crippen molar-refractivity contribution < 1.29 is 14.4 Å². The van der Waals surface area contributed by atoms with Gasteiger partial charge in [0, 0.05) is 30.4 Å². The first kappa shape index (κ1) is 22.3. The number of nitrogens with zero attached hydrogens (tertiary/aromatic N) is 3. The minimum atomic E-state index is -0.325. The van der Waals surface area contributed by atoms with E-state index in [4.69, 9.17) is 4.98 Å². The lowest BCUT2D eigenvalue weighted by Crippen LogP contribution is -2.46. The number of carbonyl (C=O) groups excluding carboxylic acids is 3. The molecule has 2 saturated heterocycles. The summed E-state index contributed by atoms with van der Waals surface area (Å²) in [5.41, 5.74) is 3.50. The van der Waals surface area contributed by atoms with Gasteiger partial charge in [0.05, 0.1) is 21.6 Å². The van der Waals surface area contributed by atoms with Gasteiger partial charge in [-0.3, -0.25) is 19.7 Å². The van der Waals surface area contributed by atoms with Gasteiger partial charge < -0.3 is 14.8 Å². The molecule has 2 aliphatic rings. The van der Waals surface area contributed by atoms with Crippen LogP contribution in [0.4, 0.5) is 11.6 Å². The van der Waals surface area contributed by atoms with E-state index >= 15 is 0 Å². The number of rotatable bonds is 5. The standard InChI is InChI=1S/C25H27N5O3S/c1-4-22(32)26-16-10-21(34-13-16)24(33)28-25-27-20-7-5-6-14(2)23(20)30(25)19-11-17-8-9-18(12-19)29(17)15(3)31/h4-7,10,13,17-19H,1,8-9,11-12H2,2-3H3,(H,26,32)(H,27,28,33)/t17-,18+,19+. The van der Waals surface area contributed by atoms with Crippen LogP contribution in [-0.4, -0.2) is 44.3 Å². The molecule has 3 aromatic rings. The fourth-order valence-electron chi connectivity index (χ4n) is 5.52. The quantitative estimate of drug-likeness (QED) is 0.529. The number of fused-ring (bicyclic) bond motifs is 3. The number of anilines is 2. The maximum absolute atomic E-state index is 13.1. The molecular formula is C25H27N5O3S. The number of nitrogens with one attached hydrogen (secondary N) is 2. The van der Waals surface area contributed by atoms with Gasteiger partial charge in [-0.25, -0.2) is 4.98 Å². The molecule has 8 nitrogen and oxygen atoms in total. The molecule has 5 rings (SSSR count). The first-order valence-corrected chi connectivity index (χ1v) is 12.3. The van der Waals surface area contributed by atoms with Gasteiger partial charge in [-0.1, -0.05) is 18.7 Å². The van der Waals surface area contributed by atoms with E-state index in [0.717, 1.165) is 42.3 Å². The van der Waals surface area contributed by atoms with Crippen LogP contribution in [0.25, 0.3) is 11.0 Å². The third-order valence-electron chi connectivity index (χ3n) is 6.85. The molecule has 2 N–H and O–H groups in total. The number of hydrogen-bond donors (Lipinski definition) is 2. The van der Waals surface area contributed by atoms with Gasteiger partial charge in [-0.05, 0) is 56.4 Å². The number of piperidine rings is 1. The van der Waals surface area contributed by atoms with Crippen molar-refractivity contribution in [2.75, 3.05) is 10.6 Å². The predicted molar refractivity (Wildman–Crippen MR) is 133 cm³/mol. The number of thiophene rings is 1. The summed E-state index contributed by atoms with van der Waals surface area (Å²) < 4.78 is 2.17. The average molecular weight is 478 g/mol. The molecule has 1 aromatic carbocycles. The highest BCUT2D eigenvalue weighted by atomic mass is 32.1. The minimum absolute atomic E-state index is 0.139. The molecule has 9 heteroatoms. The van der Waals surface area contributed by atoms with Crippen molar-refractivity contribution in [3.63, 3.8) is 0 Å². The third kappa shape index (κ3) is 3.90. The lowest BCUT2D eigenvalue weighted by molar-refractivity contribution is -0.133. The highest BCUT2D eigenvalue weighted by Gasteiger charge is 2.43. The molecule has 0 spiro atoms. The molecule has 0 aliphatic carbocycles. The SMILES string of the molecule is C=CC(=O)Nc1csc(C(=O)Nc2nc3cccc(C)c3n2[C@H]2C[C@H]3CC[C@@H](C2)N3C(C)=O)c1. The lowest BCUT2D eigenvalue weighted by atomic mass is 9.96. The summed E-state index contributed by atoms with van der Waals surface area (Å²) in [6.45, 7) is 7.15. The van der Waals surface area contributed by atoms with Crippen molar-refractivity contribution in [2.24, 2.45) is 0 Å². The molecule has 2 bridgehead atoms. The van der Waals surface area contributed by atoms with Crippen LogP contribution in [0, 0.1) is 6.92 Å². The lowest BCUT2D eigenvalue weighted by Gasteiger charge is -2.39. The second-order valence-electron chi connectivity index (χ2n) is 9.03. The smallest absolute Gasteiger partial charge is 0.268 e. The van der Waals surface area contributed by atoms with Gasteiger partial charge in [0.15, 0.2) is 0 Å². The molecule has 3 amide bonds. The van der Waals surface area contributed by atoms with Gasteiger partial charge in [-0.15, -0.1) is 11.3 Å². The zero-order valence-corrected chi connectivity index (χ0v) is 20.0. The Balaban J connectivity index is 1.47. The van der Waals surface area contributed by atoms with Crippen molar-refractivity contribution in [1.82, 2.24) is 14.5 Å². The first-order valence-electron chi connectivity index (χ1n) is 11.5. The summed E-state index contributed by atoms with van der Waals surface area (Å²) in [7, 11) is 0. The largest absolute Gasteiger partial charge is 0.337 e. The number of para-hydroxylation sites is 1. The average Bonchev–Trinajstić information content (AvgIpc) is 3.48. The van der Waals surface area contributed by atoms with Crippen LogP contribution in [0.2, 0.25) is 0 Å². The van der Waals surface area contributed by atoms with Crippen LogP contribution in [0.5, 0.6) is 0 Å². The maximum atomic E-state index is 13.1. The molecule has 2 fully saturated rings. The fraction of sp³-hybridized carbons (Fsp3) is 0.360. The summed E-state index contributed by atoms with van der Waals surface area (Å²) in [4.78, 5) is 44.2. The Labute approximate surface area is 201 Å². The Kier molecular flexibility index (Phi) is 5.73. The van der Waals surface area contributed by atoms with Crippen LogP contribution in [0.3, 0.4) is 0 Å². The van der Waals surface area contributed by atoms with E-state index in [9.17, 15) is 14.4 Å². The number of aromatic nitrogens is 2. The number of benzene rings is 1. The van der Waals surface area contributed by atoms with Crippen LogP contribution in [0.1, 0.15) is 53.9 Å². The summed E-state index contributed by atoms with van der Waals surface area (Å²) in [6, 6.07) is 8.21. The normalized spacial score (nSPS) is 21.5. The second kappa shape index (κ2) is 8.72. The number of hydrogen-bond acceptors (Lipinski definition) is 5. The highest BCUT2D eigenvalue weighted by molar-refractivity contribution is 7.12. The van der Waals surface area contributed by atoms with E-state index in [1.165, 1.54) is 17.4 Å². The molecule has 2 aromatic heterocycles. The van der Waals surface area contributed by atoms with E-state index in [2.05, 4.69) is 34.8 Å². The van der Waals surface area contributed by atoms with Crippen LogP contribution < -0.4 is 10.6 Å². The second-order valence-corrected chi connectivity index (χ2v) is 9.94. The summed E-state index contributed by atoms with van der Waals surface area (Å²) >= 11 is 1.25. The van der Waals surface area contributed by atoms with Crippen LogP contribution in [0.15, 0.2) is 42.3 Å². The summed E-state index contributed by atoms with van der Waals surface area (Å²) in [5, 5.41) is 7.41.